The van der Waals surface area contributed by atoms with Gasteiger partial charge in [-0.15, -0.1) is 0 Å². The van der Waals surface area contributed by atoms with Crippen LogP contribution in [0.1, 0.15) is 35.4 Å². The minimum absolute atomic E-state index is 0.0414. The van der Waals surface area contributed by atoms with Gasteiger partial charge in [0.1, 0.15) is 5.58 Å². The van der Waals surface area contributed by atoms with Crippen molar-refractivity contribution in [3.05, 3.63) is 76.1 Å². The molecule has 4 rings (SSSR count). The summed E-state index contributed by atoms with van der Waals surface area (Å²) >= 11 is 0. The number of nitrogens with one attached hydrogen (secondary N) is 1. The van der Waals surface area contributed by atoms with Crippen LogP contribution < -0.4 is 10.7 Å². The minimum atomic E-state index is -0.492. The van der Waals surface area contributed by atoms with Gasteiger partial charge in [-0.25, -0.2) is 0 Å². The maximum atomic E-state index is 12.6. The Hall–Kier alpha value is -3.41. The Kier molecular flexibility index (Phi) is 4.93. The molecule has 0 saturated carbocycles. The quantitative estimate of drug-likeness (QED) is 0.755. The van der Waals surface area contributed by atoms with Crippen LogP contribution in [-0.4, -0.2) is 23.3 Å². The van der Waals surface area contributed by atoms with Crippen LogP contribution in [0.4, 0.5) is 5.69 Å². The van der Waals surface area contributed by atoms with Gasteiger partial charge in [0.2, 0.25) is 5.91 Å². The standard InChI is InChI=1S/C22H20N2O4/c25-18-13-20(28-19-9-2-1-8-17(18)19)22(27)23-16-7-5-6-15(12-16)14-24-11-4-3-10-21(24)26/h1-2,5-9,12-13H,3-4,10-11,14H2,(H,23,27). The number of benzene rings is 2. The monoisotopic (exact) mass is 376 g/mol. The molecule has 0 unspecified atom stereocenters. The number of likely N-dealkylation sites (tertiary alicyclic amines) is 1. The van der Waals surface area contributed by atoms with E-state index in [0.717, 1.165) is 24.9 Å². The number of nitrogens with zero attached hydrogens (tertiary/aromatic N) is 1. The fraction of sp³-hybridized carbons (Fsp3) is 0.227. The number of fused-ring (bicyclic) bond motifs is 1. The molecular formula is C22H20N2O4. The normalized spacial score (nSPS) is 14.3. The maximum Gasteiger partial charge on any atom is 0.291 e. The van der Waals surface area contributed by atoms with E-state index in [0.29, 0.717) is 29.6 Å². The van der Waals surface area contributed by atoms with Crippen LogP contribution in [0, 0.1) is 0 Å². The molecule has 2 heterocycles. The van der Waals surface area contributed by atoms with E-state index < -0.39 is 5.91 Å². The lowest BCUT2D eigenvalue weighted by atomic mass is 10.1. The van der Waals surface area contributed by atoms with E-state index in [9.17, 15) is 14.4 Å². The molecule has 6 nitrogen and oxygen atoms in total. The fourth-order valence-corrected chi connectivity index (χ4v) is 3.41. The van der Waals surface area contributed by atoms with E-state index in [1.165, 1.54) is 6.07 Å². The second kappa shape index (κ2) is 7.68. The molecule has 0 radical (unpaired) electrons. The van der Waals surface area contributed by atoms with Gasteiger partial charge >= 0.3 is 0 Å². The van der Waals surface area contributed by atoms with Gasteiger partial charge in [-0.1, -0.05) is 24.3 Å². The number of piperidine rings is 1. The second-order valence-corrected chi connectivity index (χ2v) is 6.90. The summed E-state index contributed by atoms with van der Waals surface area (Å²) in [6.45, 7) is 1.28. The Morgan fingerprint density at radius 2 is 1.89 bits per heavy atom. The van der Waals surface area contributed by atoms with Gasteiger partial charge in [-0.3, -0.25) is 14.4 Å². The Bertz CT molecular complexity index is 1100. The zero-order chi connectivity index (χ0) is 19.5. The summed E-state index contributed by atoms with van der Waals surface area (Å²) in [4.78, 5) is 38.6. The minimum Gasteiger partial charge on any atom is -0.451 e. The molecule has 0 aliphatic carbocycles. The first-order valence-corrected chi connectivity index (χ1v) is 9.31. The highest BCUT2D eigenvalue weighted by atomic mass is 16.3. The molecule has 142 valence electrons. The average Bonchev–Trinajstić information content (AvgIpc) is 2.70. The van der Waals surface area contributed by atoms with E-state index in [2.05, 4.69) is 5.32 Å². The number of amides is 2. The van der Waals surface area contributed by atoms with Gasteiger partial charge in [0, 0.05) is 31.3 Å². The summed E-state index contributed by atoms with van der Waals surface area (Å²) in [7, 11) is 0. The molecule has 0 bridgehead atoms. The highest BCUT2D eigenvalue weighted by Gasteiger charge is 2.18. The smallest absolute Gasteiger partial charge is 0.291 e. The number of anilines is 1. The topological polar surface area (TPSA) is 79.6 Å². The predicted octanol–water partition coefficient (Wildman–Crippen LogP) is 3.56. The number of carbonyl (C=O) groups is 2. The summed E-state index contributed by atoms with van der Waals surface area (Å²) in [6, 6.07) is 15.4. The van der Waals surface area contributed by atoms with Crippen molar-refractivity contribution in [3.63, 3.8) is 0 Å². The van der Waals surface area contributed by atoms with Crippen LogP contribution in [0.15, 0.2) is 63.8 Å². The van der Waals surface area contributed by atoms with Crippen molar-refractivity contribution in [1.29, 1.82) is 0 Å². The van der Waals surface area contributed by atoms with Crippen molar-refractivity contribution >= 4 is 28.5 Å². The van der Waals surface area contributed by atoms with Crippen LogP contribution in [0.3, 0.4) is 0 Å². The zero-order valence-electron chi connectivity index (χ0n) is 15.3. The third-order valence-corrected chi connectivity index (χ3v) is 4.84. The van der Waals surface area contributed by atoms with Crippen molar-refractivity contribution in [2.45, 2.75) is 25.8 Å². The van der Waals surface area contributed by atoms with Crippen molar-refractivity contribution in [2.24, 2.45) is 0 Å². The SMILES string of the molecule is O=C(Nc1cccc(CN2CCCCC2=O)c1)c1cc(=O)c2ccccc2o1. The third-order valence-electron chi connectivity index (χ3n) is 4.84. The highest BCUT2D eigenvalue weighted by Crippen LogP contribution is 2.18. The number of para-hydroxylation sites is 1. The van der Waals surface area contributed by atoms with Crippen LogP contribution >= 0.6 is 0 Å². The first-order chi connectivity index (χ1) is 13.6. The third kappa shape index (κ3) is 3.81. The van der Waals surface area contributed by atoms with E-state index >= 15 is 0 Å². The van der Waals surface area contributed by atoms with Gasteiger partial charge < -0.3 is 14.6 Å². The number of carbonyl (C=O) groups excluding carboxylic acids is 2. The van der Waals surface area contributed by atoms with Crippen molar-refractivity contribution in [1.82, 2.24) is 4.90 Å². The average molecular weight is 376 g/mol. The summed E-state index contributed by atoms with van der Waals surface area (Å²) in [5.74, 6) is -0.368. The summed E-state index contributed by atoms with van der Waals surface area (Å²) in [6.07, 6.45) is 2.56. The van der Waals surface area contributed by atoms with Gasteiger partial charge in [0.25, 0.3) is 5.91 Å². The molecule has 1 aliphatic heterocycles. The van der Waals surface area contributed by atoms with Crippen molar-refractivity contribution < 1.29 is 14.0 Å². The molecule has 0 atom stereocenters. The molecule has 1 saturated heterocycles. The lowest BCUT2D eigenvalue weighted by Crippen LogP contribution is -2.34. The fourth-order valence-electron chi connectivity index (χ4n) is 3.41. The van der Waals surface area contributed by atoms with Crippen LogP contribution in [-0.2, 0) is 11.3 Å². The van der Waals surface area contributed by atoms with Gasteiger partial charge in [-0.05, 0) is 42.7 Å². The first-order valence-electron chi connectivity index (χ1n) is 9.31. The molecule has 2 aromatic carbocycles. The van der Waals surface area contributed by atoms with E-state index in [-0.39, 0.29) is 17.1 Å². The summed E-state index contributed by atoms with van der Waals surface area (Å²) in [5, 5.41) is 3.20. The van der Waals surface area contributed by atoms with E-state index in [1.807, 2.05) is 23.1 Å². The molecule has 6 heteroatoms. The molecule has 0 spiro atoms. The molecule has 28 heavy (non-hydrogen) atoms. The molecule has 1 aromatic heterocycles. The molecular weight excluding hydrogens is 356 g/mol. The number of rotatable bonds is 4. The molecule has 1 aliphatic rings. The number of hydrogen-bond donors (Lipinski definition) is 1. The second-order valence-electron chi connectivity index (χ2n) is 6.90. The van der Waals surface area contributed by atoms with Gasteiger partial charge in [0.05, 0.1) is 5.39 Å². The Balaban J connectivity index is 1.52. The molecule has 1 N–H and O–H groups in total. The van der Waals surface area contributed by atoms with Crippen LogP contribution in [0.2, 0.25) is 0 Å². The van der Waals surface area contributed by atoms with Crippen molar-refractivity contribution in [3.8, 4) is 0 Å². The van der Waals surface area contributed by atoms with Gasteiger partial charge in [0.15, 0.2) is 11.2 Å². The van der Waals surface area contributed by atoms with Crippen LogP contribution in [0.5, 0.6) is 0 Å². The Labute approximate surface area is 161 Å². The van der Waals surface area contributed by atoms with E-state index in [4.69, 9.17) is 4.42 Å². The molecule has 3 aromatic rings. The Morgan fingerprint density at radius 3 is 2.75 bits per heavy atom. The Morgan fingerprint density at radius 1 is 1.04 bits per heavy atom. The largest absolute Gasteiger partial charge is 0.451 e. The predicted molar refractivity (Wildman–Crippen MR) is 106 cm³/mol. The molecule has 1 fully saturated rings. The first kappa shape index (κ1) is 18.0. The van der Waals surface area contributed by atoms with Crippen LogP contribution in [0.25, 0.3) is 11.0 Å². The zero-order valence-corrected chi connectivity index (χ0v) is 15.3. The van der Waals surface area contributed by atoms with Crippen molar-refractivity contribution in [2.75, 3.05) is 11.9 Å². The summed E-state index contributed by atoms with van der Waals surface area (Å²) < 4.78 is 5.58. The number of hydrogen-bond acceptors (Lipinski definition) is 4. The maximum absolute atomic E-state index is 12.6. The lowest BCUT2D eigenvalue weighted by Gasteiger charge is -2.26. The molecule has 2 amide bonds. The van der Waals surface area contributed by atoms with E-state index in [1.54, 1.807) is 30.3 Å². The lowest BCUT2D eigenvalue weighted by molar-refractivity contribution is -0.133. The summed E-state index contributed by atoms with van der Waals surface area (Å²) in [5.41, 5.74) is 1.64. The van der Waals surface area contributed by atoms with Gasteiger partial charge in [-0.2, -0.15) is 0 Å². The highest BCUT2D eigenvalue weighted by molar-refractivity contribution is 6.03.